The van der Waals surface area contributed by atoms with Crippen molar-refractivity contribution in [1.82, 2.24) is 0 Å². The number of halogens is 1. The number of nitrogens with zero attached hydrogens (tertiary/aromatic N) is 1. The van der Waals surface area contributed by atoms with Crippen LogP contribution in [-0.4, -0.2) is 18.5 Å². The van der Waals surface area contributed by atoms with Gasteiger partial charge in [0.15, 0.2) is 0 Å². The van der Waals surface area contributed by atoms with Crippen LogP contribution >= 0.6 is 0 Å². The summed E-state index contributed by atoms with van der Waals surface area (Å²) in [5.41, 5.74) is 1.44. The maximum atomic E-state index is 13.1. The van der Waals surface area contributed by atoms with Gasteiger partial charge >= 0.3 is 0 Å². The van der Waals surface area contributed by atoms with Crippen LogP contribution < -0.4 is 10.2 Å². The lowest BCUT2D eigenvalue weighted by Crippen LogP contribution is -2.44. The molecule has 0 bridgehead atoms. The molecule has 3 nitrogen and oxygen atoms in total. The Labute approximate surface area is 87.9 Å². The van der Waals surface area contributed by atoms with Gasteiger partial charge in [0, 0.05) is 6.04 Å². The molecule has 0 fully saturated rings. The third kappa shape index (κ3) is 1.67. The lowest BCUT2D eigenvalue weighted by atomic mass is 10.1. The Balaban J connectivity index is 2.50. The minimum atomic E-state index is -0.323. The Morgan fingerprint density at radius 3 is 2.87 bits per heavy atom. The van der Waals surface area contributed by atoms with Gasteiger partial charge in [0.2, 0.25) is 5.91 Å². The summed E-state index contributed by atoms with van der Waals surface area (Å²) in [4.78, 5) is 13.3. The van der Waals surface area contributed by atoms with Crippen molar-refractivity contribution in [2.24, 2.45) is 0 Å². The predicted octanol–water partition coefficient (Wildman–Crippen LogP) is 1.99. The highest BCUT2D eigenvalue weighted by Crippen LogP contribution is 2.31. The maximum Gasteiger partial charge on any atom is 0.246 e. The largest absolute Gasteiger partial charge is 0.374 e. The summed E-state index contributed by atoms with van der Waals surface area (Å²) in [5.74, 6) is -0.348. The van der Waals surface area contributed by atoms with Crippen LogP contribution in [0.5, 0.6) is 0 Å². The third-order valence-corrected chi connectivity index (χ3v) is 2.43. The molecule has 0 aliphatic carbocycles. The van der Waals surface area contributed by atoms with Gasteiger partial charge in [-0.2, -0.15) is 0 Å². The van der Waals surface area contributed by atoms with Gasteiger partial charge in [0.05, 0.1) is 17.9 Å². The van der Waals surface area contributed by atoms with Crippen LogP contribution in [0.25, 0.3) is 0 Å². The molecule has 1 aliphatic heterocycles. The minimum Gasteiger partial charge on any atom is -0.374 e. The van der Waals surface area contributed by atoms with E-state index >= 15 is 0 Å². The highest BCUT2D eigenvalue weighted by atomic mass is 19.1. The first-order chi connectivity index (χ1) is 7.09. The van der Waals surface area contributed by atoms with E-state index in [9.17, 15) is 9.18 Å². The zero-order valence-corrected chi connectivity index (χ0v) is 8.75. The topological polar surface area (TPSA) is 32.3 Å². The van der Waals surface area contributed by atoms with E-state index in [1.165, 1.54) is 12.1 Å². The standard InChI is InChI=1S/C11H13FN2O/c1-7(2)14-10-5-8(12)3-4-9(10)13-6-11(14)15/h3-5,7,13H,6H2,1-2H3. The number of amides is 1. The number of anilines is 2. The van der Waals surface area contributed by atoms with Crippen molar-refractivity contribution in [3.8, 4) is 0 Å². The Kier molecular flexibility index (Phi) is 2.34. The molecule has 0 spiro atoms. The number of hydrogen-bond donors (Lipinski definition) is 1. The summed E-state index contributed by atoms with van der Waals surface area (Å²) in [6, 6.07) is 4.48. The summed E-state index contributed by atoms with van der Waals surface area (Å²) >= 11 is 0. The lowest BCUT2D eigenvalue weighted by molar-refractivity contribution is -0.117. The average molecular weight is 208 g/mol. The molecule has 0 atom stereocenters. The van der Waals surface area contributed by atoms with Crippen molar-refractivity contribution < 1.29 is 9.18 Å². The first-order valence-corrected chi connectivity index (χ1v) is 4.95. The normalized spacial score (nSPS) is 15.2. The molecule has 1 amide bonds. The van der Waals surface area contributed by atoms with Gasteiger partial charge in [-0.1, -0.05) is 0 Å². The summed E-state index contributed by atoms with van der Waals surface area (Å²) in [7, 11) is 0. The number of fused-ring (bicyclic) bond motifs is 1. The molecule has 15 heavy (non-hydrogen) atoms. The van der Waals surface area contributed by atoms with Crippen molar-refractivity contribution in [2.45, 2.75) is 19.9 Å². The quantitative estimate of drug-likeness (QED) is 0.765. The smallest absolute Gasteiger partial charge is 0.246 e. The molecule has 0 saturated heterocycles. The van der Waals surface area contributed by atoms with E-state index in [2.05, 4.69) is 5.32 Å². The molecule has 4 heteroatoms. The first-order valence-electron chi connectivity index (χ1n) is 4.95. The van der Waals surface area contributed by atoms with Crippen LogP contribution in [-0.2, 0) is 4.79 Å². The third-order valence-electron chi connectivity index (χ3n) is 2.43. The Bertz CT molecular complexity index is 404. The summed E-state index contributed by atoms with van der Waals surface area (Å²) < 4.78 is 13.1. The van der Waals surface area contributed by atoms with Crippen molar-refractivity contribution in [3.63, 3.8) is 0 Å². The predicted molar refractivity (Wildman–Crippen MR) is 57.5 cm³/mol. The summed E-state index contributed by atoms with van der Waals surface area (Å²) in [5, 5.41) is 2.97. The lowest BCUT2D eigenvalue weighted by Gasteiger charge is -2.33. The van der Waals surface area contributed by atoms with Gasteiger partial charge in [0.25, 0.3) is 0 Å². The molecule has 80 valence electrons. The fraction of sp³-hybridized carbons (Fsp3) is 0.364. The molecule has 1 aliphatic rings. The van der Waals surface area contributed by atoms with Crippen LogP contribution in [0.15, 0.2) is 18.2 Å². The van der Waals surface area contributed by atoms with Gasteiger partial charge in [-0.05, 0) is 32.0 Å². The number of rotatable bonds is 1. The van der Waals surface area contributed by atoms with Crippen LogP contribution in [0.2, 0.25) is 0 Å². The second kappa shape index (κ2) is 3.53. The highest BCUT2D eigenvalue weighted by molar-refractivity contribution is 6.02. The van der Waals surface area contributed by atoms with E-state index in [1.807, 2.05) is 13.8 Å². The van der Waals surface area contributed by atoms with Gasteiger partial charge < -0.3 is 10.2 Å². The molecular weight excluding hydrogens is 195 g/mol. The number of carbonyl (C=O) groups excluding carboxylic acids is 1. The molecule has 1 aromatic rings. The fourth-order valence-electron chi connectivity index (χ4n) is 1.81. The van der Waals surface area contributed by atoms with Crippen LogP contribution in [0.3, 0.4) is 0 Å². The molecule has 1 aromatic carbocycles. The molecule has 0 unspecified atom stereocenters. The van der Waals surface area contributed by atoms with Crippen molar-refractivity contribution in [3.05, 3.63) is 24.0 Å². The minimum absolute atomic E-state index is 0.0249. The SMILES string of the molecule is CC(C)N1C(=O)CNc2ccc(F)cc21. The molecule has 1 N–H and O–H groups in total. The Morgan fingerprint density at radius 2 is 2.20 bits per heavy atom. The number of carbonyl (C=O) groups is 1. The fourth-order valence-corrected chi connectivity index (χ4v) is 1.81. The second-order valence-electron chi connectivity index (χ2n) is 3.87. The van der Waals surface area contributed by atoms with Crippen molar-refractivity contribution >= 4 is 17.3 Å². The van der Waals surface area contributed by atoms with Crippen LogP contribution in [0, 0.1) is 5.82 Å². The van der Waals surface area contributed by atoms with Crippen LogP contribution in [0.1, 0.15) is 13.8 Å². The molecular formula is C11H13FN2O. The first kappa shape index (κ1) is 9.96. The number of nitrogens with one attached hydrogen (secondary N) is 1. The highest BCUT2D eigenvalue weighted by Gasteiger charge is 2.26. The van der Waals surface area contributed by atoms with Gasteiger partial charge in [0.1, 0.15) is 5.82 Å². The Hall–Kier alpha value is -1.58. The maximum absolute atomic E-state index is 13.1. The zero-order chi connectivity index (χ0) is 11.0. The van der Waals surface area contributed by atoms with E-state index in [1.54, 1.807) is 11.0 Å². The van der Waals surface area contributed by atoms with Gasteiger partial charge in [-0.3, -0.25) is 4.79 Å². The van der Waals surface area contributed by atoms with Gasteiger partial charge in [-0.15, -0.1) is 0 Å². The van der Waals surface area contributed by atoms with E-state index < -0.39 is 0 Å². The molecule has 0 aromatic heterocycles. The number of hydrogen-bond acceptors (Lipinski definition) is 2. The van der Waals surface area contributed by atoms with E-state index in [0.717, 1.165) is 5.69 Å². The van der Waals surface area contributed by atoms with Gasteiger partial charge in [-0.25, -0.2) is 4.39 Å². The van der Waals surface area contributed by atoms with Crippen molar-refractivity contribution in [1.29, 1.82) is 0 Å². The van der Waals surface area contributed by atoms with E-state index in [4.69, 9.17) is 0 Å². The molecule has 0 radical (unpaired) electrons. The zero-order valence-electron chi connectivity index (χ0n) is 8.75. The van der Waals surface area contributed by atoms with E-state index in [0.29, 0.717) is 5.69 Å². The molecule has 0 saturated carbocycles. The van der Waals surface area contributed by atoms with Crippen molar-refractivity contribution in [2.75, 3.05) is 16.8 Å². The summed E-state index contributed by atoms with van der Waals surface area (Å²) in [6.07, 6.45) is 0. The van der Waals surface area contributed by atoms with E-state index in [-0.39, 0.29) is 24.3 Å². The molecule has 1 heterocycles. The second-order valence-corrected chi connectivity index (χ2v) is 3.87. The monoisotopic (exact) mass is 208 g/mol. The van der Waals surface area contributed by atoms with Crippen LogP contribution in [0.4, 0.5) is 15.8 Å². The molecule has 2 rings (SSSR count). The summed E-state index contributed by atoms with van der Waals surface area (Å²) in [6.45, 7) is 4.10. The Morgan fingerprint density at radius 1 is 1.47 bits per heavy atom. The number of benzene rings is 1. The average Bonchev–Trinajstić information content (AvgIpc) is 2.16.